The fourth-order valence-corrected chi connectivity index (χ4v) is 1.06. The van der Waals surface area contributed by atoms with E-state index in [4.69, 9.17) is 4.74 Å². The Morgan fingerprint density at radius 2 is 1.63 bits per heavy atom. The number of nitrogens with zero attached hydrogens (tertiary/aromatic N) is 1. The van der Waals surface area contributed by atoms with Crippen molar-refractivity contribution in [3.8, 4) is 0 Å². The number of amides is 1. The summed E-state index contributed by atoms with van der Waals surface area (Å²) in [6, 6.07) is 0. The third kappa shape index (κ3) is 23.0. The van der Waals surface area contributed by atoms with E-state index in [1.54, 1.807) is 7.11 Å². The van der Waals surface area contributed by atoms with Gasteiger partial charge in [-0.1, -0.05) is 41.0 Å². The van der Waals surface area contributed by atoms with Crippen LogP contribution in [0.3, 0.4) is 0 Å². The van der Waals surface area contributed by atoms with Gasteiger partial charge in [0.05, 0.1) is 5.60 Å². The maximum Gasteiger partial charge on any atom is 0.209 e. The van der Waals surface area contributed by atoms with Gasteiger partial charge in [0.1, 0.15) is 0 Å². The monoisotopic (exact) mass is 275 g/mol. The van der Waals surface area contributed by atoms with Crippen LogP contribution in [0.5, 0.6) is 0 Å². The Bertz CT molecular complexity index is 176. The molecule has 0 aromatic rings. The summed E-state index contributed by atoms with van der Waals surface area (Å²) in [4.78, 5) is 11.9. The number of carbonyl (C=O) groups is 1. The molecule has 1 heterocycles. The summed E-state index contributed by atoms with van der Waals surface area (Å²) >= 11 is 0. The van der Waals surface area contributed by atoms with E-state index in [2.05, 4.69) is 20.8 Å². The van der Waals surface area contributed by atoms with Crippen molar-refractivity contribution in [2.45, 2.75) is 73.8 Å². The maximum atomic E-state index is 10.1. The molecule has 1 amide bonds. The number of methoxy groups -OCH3 is 1. The Morgan fingerprint density at radius 3 is 1.74 bits per heavy atom. The first kappa shape index (κ1) is 23.5. The molecule has 0 aliphatic carbocycles. The van der Waals surface area contributed by atoms with E-state index in [0.717, 1.165) is 25.4 Å². The molecular weight excluding hydrogens is 238 g/mol. The molecule has 1 atom stereocenters. The van der Waals surface area contributed by atoms with Gasteiger partial charge < -0.3 is 9.64 Å². The SMILES string of the molecule is CC.CC1CCN(C=O)C1.CCC.COC(C)(C)C. The van der Waals surface area contributed by atoms with E-state index in [1.807, 2.05) is 39.5 Å². The Balaban J connectivity index is -0.000000207. The van der Waals surface area contributed by atoms with Crippen LogP contribution in [0.1, 0.15) is 68.2 Å². The van der Waals surface area contributed by atoms with Crippen LogP contribution in [0.2, 0.25) is 0 Å². The molecule has 0 aromatic carbocycles. The third-order valence-electron chi connectivity index (χ3n) is 2.22. The van der Waals surface area contributed by atoms with Crippen LogP contribution in [-0.2, 0) is 9.53 Å². The van der Waals surface area contributed by atoms with Gasteiger partial charge in [-0.3, -0.25) is 4.79 Å². The molecular formula is C16H37NO2. The van der Waals surface area contributed by atoms with Crippen molar-refractivity contribution in [1.82, 2.24) is 4.90 Å². The summed E-state index contributed by atoms with van der Waals surface area (Å²) < 4.78 is 4.94. The number of likely N-dealkylation sites (tertiary alicyclic amines) is 1. The predicted molar refractivity (Wildman–Crippen MR) is 85.5 cm³/mol. The van der Waals surface area contributed by atoms with Crippen LogP contribution in [0, 0.1) is 5.92 Å². The van der Waals surface area contributed by atoms with Crippen molar-refractivity contribution in [1.29, 1.82) is 0 Å². The lowest BCUT2D eigenvalue weighted by molar-refractivity contribution is -0.117. The van der Waals surface area contributed by atoms with Gasteiger partial charge in [-0.05, 0) is 33.1 Å². The van der Waals surface area contributed by atoms with Crippen molar-refractivity contribution in [2.24, 2.45) is 5.92 Å². The molecule has 0 radical (unpaired) electrons. The average molecular weight is 275 g/mol. The summed E-state index contributed by atoms with van der Waals surface area (Å²) in [5.41, 5.74) is 0.0417. The van der Waals surface area contributed by atoms with Crippen LogP contribution in [-0.4, -0.2) is 37.1 Å². The van der Waals surface area contributed by atoms with Gasteiger partial charge in [0.2, 0.25) is 6.41 Å². The van der Waals surface area contributed by atoms with Crippen molar-refractivity contribution >= 4 is 6.41 Å². The summed E-state index contributed by atoms with van der Waals surface area (Å²) in [6.45, 7) is 18.4. The highest BCUT2D eigenvalue weighted by Gasteiger charge is 2.15. The molecule has 0 bridgehead atoms. The standard InChI is InChI=1S/C6H11NO.C5H12O.C3H8.C2H6/c1-6-2-3-7(4-6)5-8;1-5(2,3)6-4;1-3-2;1-2/h5-6H,2-4H2,1H3;1-4H3;3H2,1-2H3;1-2H3. The van der Waals surface area contributed by atoms with Crippen molar-refractivity contribution < 1.29 is 9.53 Å². The van der Waals surface area contributed by atoms with E-state index in [0.29, 0.717) is 0 Å². The first-order chi connectivity index (χ1) is 8.80. The fraction of sp³-hybridized carbons (Fsp3) is 0.938. The molecule has 3 heteroatoms. The average Bonchev–Trinajstić information content (AvgIpc) is 2.79. The summed E-state index contributed by atoms with van der Waals surface area (Å²) in [5, 5.41) is 0. The lowest BCUT2D eigenvalue weighted by Gasteiger charge is -2.14. The van der Waals surface area contributed by atoms with E-state index in [9.17, 15) is 4.79 Å². The zero-order valence-corrected chi connectivity index (χ0v) is 14.7. The molecule has 0 aromatic heterocycles. The minimum atomic E-state index is 0.0417. The van der Waals surface area contributed by atoms with Gasteiger partial charge in [0, 0.05) is 20.2 Å². The molecule has 118 valence electrons. The predicted octanol–water partition coefficient (Wildman–Crippen LogP) is 4.36. The van der Waals surface area contributed by atoms with Gasteiger partial charge >= 0.3 is 0 Å². The first-order valence-corrected chi connectivity index (χ1v) is 7.55. The molecule has 0 spiro atoms. The highest BCUT2D eigenvalue weighted by molar-refractivity contribution is 5.47. The quantitative estimate of drug-likeness (QED) is 0.665. The van der Waals surface area contributed by atoms with E-state index in [-0.39, 0.29) is 5.60 Å². The molecule has 1 fully saturated rings. The molecule has 0 N–H and O–H groups in total. The van der Waals surface area contributed by atoms with Crippen molar-refractivity contribution in [3.05, 3.63) is 0 Å². The molecule has 3 nitrogen and oxygen atoms in total. The topological polar surface area (TPSA) is 29.5 Å². The number of hydrogen-bond donors (Lipinski definition) is 0. The van der Waals surface area contributed by atoms with E-state index >= 15 is 0 Å². The molecule has 0 saturated carbocycles. The summed E-state index contributed by atoms with van der Waals surface area (Å²) in [5.74, 6) is 0.722. The minimum Gasteiger partial charge on any atom is -0.379 e. The second-order valence-electron chi connectivity index (χ2n) is 5.52. The van der Waals surface area contributed by atoms with E-state index in [1.165, 1.54) is 12.8 Å². The molecule has 1 aliphatic heterocycles. The molecule has 1 aliphatic rings. The van der Waals surface area contributed by atoms with Crippen LogP contribution >= 0.6 is 0 Å². The summed E-state index contributed by atoms with van der Waals surface area (Å²) in [7, 11) is 1.71. The Labute approximate surface area is 121 Å². The Kier molecular flexibility index (Phi) is 19.2. The van der Waals surface area contributed by atoms with Gasteiger partial charge in [-0.2, -0.15) is 0 Å². The van der Waals surface area contributed by atoms with Crippen molar-refractivity contribution in [3.63, 3.8) is 0 Å². The van der Waals surface area contributed by atoms with Gasteiger partial charge in [0.25, 0.3) is 0 Å². The normalized spacial score (nSPS) is 17.1. The van der Waals surface area contributed by atoms with Gasteiger partial charge in [0.15, 0.2) is 0 Å². The van der Waals surface area contributed by atoms with Crippen LogP contribution in [0.25, 0.3) is 0 Å². The number of rotatable bonds is 1. The van der Waals surface area contributed by atoms with Crippen LogP contribution < -0.4 is 0 Å². The smallest absolute Gasteiger partial charge is 0.209 e. The summed E-state index contributed by atoms with van der Waals surface area (Å²) in [6.07, 6.45) is 3.36. The Hall–Kier alpha value is -0.570. The van der Waals surface area contributed by atoms with Gasteiger partial charge in [-0.25, -0.2) is 0 Å². The number of carbonyl (C=O) groups excluding carboxylic acids is 1. The largest absolute Gasteiger partial charge is 0.379 e. The van der Waals surface area contributed by atoms with Gasteiger partial charge in [-0.15, -0.1) is 0 Å². The lowest BCUT2D eigenvalue weighted by atomic mass is 10.2. The molecule has 19 heavy (non-hydrogen) atoms. The second-order valence-corrected chi connectivity index (χ2v) is 5.52. The zero-order valence-electron chi connectivity index (χ0n) is 14.7. The highest BCUT2D eigenvalue weighted by Crippen LogP contribution is 2.11. The first-order valence-electron chi connectivity index (χ1n) is 7.55. The molecule has 1 saturated heterocycles. The van der Waals surface area contributed by atoms with E-state index < -0.39 is 0 Å². The fourth-order valence-electron chi connectivity index (χ4n) is 1.06. The molecule has 1 unspecified atom stereocenters. The Morgan fingerprint density at radius 1 is 1.26 bits per heavy atom. The maximum absolute atomic E-state index is 10.1. The highest BCUT2D eigenvalue weighted by atomic mass is 16.5. The number of hydrogen-bond acceptors (Lipinski definition) is 2. The molecule has 1 rings (SSSR count). The van der Waals surface area contributed by atoms with Crippen LogP contribution in [0.4, 0.5) is 0 Å². The second kappa shape index (κ2) is 15.5. The van der Waals surface area contributed by atoms with Crippen LogP contribution in [0.15, 0.2) is 0 Å². The lowest BCUT2D eigenvalue weighted by Crippen LogP contribution is -2.17. The zero-order chi connectivity index (χ0) is 15.9. The minimum absolute atomic E-state index is 0.0417. The van der Waals surface area contributed by atoms with Crippen molar-refractivity contribution in [2.75, 3.05) is 20.2 Å². The number of ether oxygens (including phenoxy) is 1. The third-order valence-corrected chi connectivity index (χ3v) is 2.22.